The van der Waals surface area contributed by atoms with Crippen LogP contribution in [0.15, 0.2) is 24.3 Å². The number of aromatic nitrogens is 1. The fourth-order valence-electron chi connectivity index (χ4n) is 2.55. The Hall–Kier alpha value is -1.11. The number of thioether (sulfide) groups is 1. The van der Waals surface area contributed by atoms with E-state index in [4.69, 9.17) is 0 Å². The Bertz CT molecular complexity index is 587. The number of para-hydroxylation sites is 1. The molecule has 0 bridgehead atoms. The molecule has 0 saturated carbocycles. The van der Waals surface area contributed by atoms with Crippen LogP contribution in [0.4, 0.5) is 0 Å². The minimum Gasteiger partial charge on any atom is -0.339 e. The van der Waals surface area contributed by atoms with E-state index in [0.29, 0.717) is 5.75 Å². The first-order valence-corrected chi connectivity index (χ1v) is 9.31. The molecule has 2 heterocycles. The van der Waals surface area contributed by atoms with Crippen LogP contribution in [0.5, 0.6) is 0 Å². The van der Waals surface area contributed by atoms with Crippen LogP contribution in [0.3, 0.4) is 0 Å². The van der Waals surface area contributed by atoms with Gasteiger partial charge in [0.15, 0.2) is 0 Å². The lowest BCUT2D eigenvalue weighted by molar-refractivity contribution is -0.130. The van der Waals surface area contributed by atoms with E-state index < -0.39 is 0 Å². The van der Waals surface area contributed by atoms with Crippen LogP contribution < -0.4 is 0 Å². The van der Waals surface area contributed by atoms with Gasteiger partial charge in [-0.1, -0.05) is 12.1 Å². The van der Waals surface area contributed by atoms with Gasteiger partial charge in [0.25, 0.3) is 0 Å². The number of nitrogens with zero attached hydrogens (tertiary/aromatic N) is 3. The number of carbonyl (C=O) groups excluding carboxylic acids is 1. The standard InChI is InChI=1S/C15H19N3OS2/c1-20-11-15(19)18-8-6-17(7-9-18)10-14-16-12-4-2-3-5-13(12)21-14/h2-5H,6-11H2,1H3. The normalized spacial score (nSPS) is 16.5. The third-order valence-electron chi connectivity index (χ3n) is 3.69. The molecule has 112 valence electrons. The van der Waals surface area contributed by atoms with Gasteiger partial charge in [-0.15, -0.1) is 11.3 Å². The fourth-order valence-corrected chi connectivity index (χ4v) is 3.99. The van der Waals surface area contributed by atoms with Crippen molar-refractivity contribution < 1.29 is 4.79 Å². The van der Waals surface area contributed by atoms with Crippen LogP contribution in [0.25, 0.3) is 10.2 Å². The minimum atomic E-state index is 0.266. The summed E-state index contributed by atoms with van der Waals surface area (Å²) in [6.45, 7) is 4.45. The lowest BCUT2D eigenvalue weighted by atomic mass is 10.3. The van der Waals surface area contributed by atoms with Crippen molar-refractivity contribution in [1.29, 1.82) is 0 Å². The van der Waals surface area contributed by atoms with Crippen LogP contribution in [0, 0.1) is 0 Å². The number of hydrogen-bond acceptors (Lipinski definition) is 5. The fraction of sp³-hybridized carbons (Fsp3) is 0.467. The Labute approximate surface area is 133 Å². The molecule has 1 aliphatic rings. The summed E-state index contributed by atoms with van der Waals surface area (Å²) in [6, 6.07) is 8.27. The van der Waals surface area contributed by atoms with Gasteiger partial charge in [0.2, 0.25) is 5.91 Å². The smallest absolute Gasteiger partial charge is 0.232 e. The molecule has 21 heavy (non-hydrogen) atoms. The molecule has 3 rings (SSSR count). The summed E-state index contributed by atoms with van der Waals surface area (Å²) in [6.07, 6.45) is 1.97. The van der Waals surface area contributed by atoms with Gasteiger partial charge in [-0.3, -0.25) is 9.69 Å². The first-order valence-electron chi connectivity index (χ1n) is 7.10. The molecule has 1 saturated heterocycles. The zero-order valence-corrected chi connectivity index (χ0v) is 13.8. The second-order valence-electron chi connectivity index (χ2n) is 5.17. The average Bonchev–Trinajstić information content (AvgIpc) is 2.90. The SMILES string of the molecule is CSCC(=O)N1CCN(Cc2nc3ccccc3s2)CC1. The van der Waals surface area contributed by atoms with Crippen molar-refractivity contribution in [1.82, 2.24) is 14.8 Å². The number of hydrogen-bond donors (Lipinski definition) is 0. The first kappa shape index (κ1) is 14.8. The second-order valence-corrected chi connectivity index (χ2v) is 7.15. The number of piperazine rings is 1. The van der Waals surface area contributed by atoms with Crippen molar-refractivity contribution in [2.75, 3.05) is 38.2 Å². The van der Waals surface area contributed by atoms with Crippen molar-refractivity contribution in [3.8, 4) is 0 Å². The van der Waals surface area contributed by atoms with E-state index in [9.17, 15) is 4.79 Å². The summed E-state index contributed by atoms with van der Waals surface area (Å²) >= 11 is 3.37. The molecule has 1 aromatic heterocycles. The van der Waals surface area contributed by atoms with Crippen molar-refractivity contribution >= 4 is 39.2 Å². The molecule has 1 aliphatic heterocycles. The van der Waals surface area contributed by atoms with Crippen molar-refractivity contribution in [3.63, 3.8) is 0 Å². The van der Waals surface area contributed by atoms with Crippen LogP contribution >= 0.6 is 23.1 Å². The van der Waals surface area contributed by atoms with Gasteiger partial charge >= 0.3 is 0 Å². The molecule has 1 aromatic carbocycles. The van der Waals surface area contributed by atoms with Gasteiger partial charge in [0, 0.05) is 26.2 Å². The predicted molar refractivity (Wildman–Crippen MR) is 89.9 cm³/mol. The highest BCUT2D eigenvalue weighted by atomic mass is 32.2. The number of benzene rings is 1. The zero-order chi connectivity index (χ0) is 14.7. The van der Waals surface area contributed by atoms with E-state index in [2.05, 4.69) is 28.1 Å². The number of thiazole rings is 1. The summed E-state index contributed by atoms with van der Waals surface area (Å²) in [5.41, 5.74) is 1.09. The Morgan fingerprint density at radius 1 is 1.29 bits per heavy atom. The van der Waals surface area contributed by atoms with Gasteiger partial charge < -0.3 is 4.90 Å². The quantitative estimate of drug-likeness (QED) is 0.866. The molecule has 0 unspecified atom stereocenters. The van der Waals surface area contributed by atoms with Crippen LogP contribution in [0.2, 0.25) is 0 Å². The molecule has 6 heteroatoms. The summed E-state index contributed by atoms with van der Waals surface area (Å²) < 4.78 is 1.25. The molecular weight excluding hydrogens is 302 g/mol. The summed E-state index contributed by atoms with van der Waals surface area (Å²) in [4.78, 5) is 20.9. The van der Waals surface area contributed by atoms with E-state index in [1.807, 2.05) is 17.2 Å². The average molecular weight is 321 g/mol. The monoisotopic (exact) mass is 321 g/mol. The van der Waals surface area contributed by atoms with Crippen LogP contribution in [-0.4, -0.2) is 58.9 Å². The predicted octanol–water partition coefficient (Wildman–Crippen LogP) is 2.30. The van der Waals surface area contributed by atoms with E-state index in [1.165, 1.54) is 9.71 Å². The minimum absolute atomic E-state index is 0.266. The van der Waals surface area contributed by atoms with E-state index in [1.54, 1.807) is 23.1 Å². The molecule has 0 atom stereocenters. The summed E-state index contributed by atoms with van der Waals surface area (Å²) in [5, 5.41) is 1.17. The Morgan fingerprint density at radius 2 is 2.05 bits per heavy atom. The molecule has 1 fully saturated rings. The molecule has 2 aromatic rings. The molecule has 4 nitrogen and oxygen atoms in total. The Morgan fingerprint density at radius 3 is 2.76 bits per heavy atom. The number of rotatable bonds is 4. The van der Waals surface area contributed by atoms with Crippen molar-refractivity contribution in [2.24, 2.45) is 0 Å². The Balaban J connectivity index is 1.56. The van der Waals surface area contributed by atoms with Crippen LogP contribution in [0.1, 0.15) is 5.01 Å². The number of carbonyl (C=O) groups is 1. The van der Waals surface area contributed by atoms with Gasteiger partial charge in [-0.05, 0) is 18.4 Å². The van der Waals surface area contributed by atoms with Crippen molar-refractivity contribution in [3.05, 3.63) is 29.3 Å². The van der Waals surface area contributed by atoms with Crippen LogP contribution in [-0.2, 0) is 11.3 Å². The number of amides is 1. The maximum Gasteiger partial charge on any atom is 0.232 e. The molecular formula is C15H19N3OS2. The molecule has 0 N–H and O–H groups in total. The summed E-state index contributed by atoms with van der Waals surface area (Å²) in [5.74, 6) is 0.861. The van der Waals surface area contributed by atoms with E-state index in [-0.39, 0.29) is 5.91 Å². The topological polar surface area (TPSA) is 36.4 Å². The van der Waals surface area contributed by atoms with Gasteiger partial charge in [-0.25, -0.2) is 4.98 Å². The zero-order valence-electron chi connectivity index (χ0n) is 12.1. The van der Waals surface area contributed by atoms with E-state index in [0.717, 1.165) is 38.2 Å². The highest BCUT2D eigenvalue weighted by Crippen LogP contribution is 2.23. The molecule has 0 spiro atoms. The third kappa shape index (κ3) is 3.56. The highest BCUT2D eigenvalue weighted by Gasteiger charge is 2.21. The van der Waals surface area contributed by atoms with E-state index >= 15 is 0 Å². The molecule has 1 amide bonds. The van der Waals surface area contributed by atoms with Gasteiger partial charge in [0.1, 0.15) is 5.01 Å². The van der Waals surface area contributed by atoms with Gasteiger partial charge in [-0.2, -0.15) is 11.8 Å². The first-order chi connectivity index (χ1) is 10.3. The summed E-state index contributed by atoms with van der Waals surface area (Å²) in [7, 11) is 0. The van der Waals surface area contributed by atoms with Crippen molar-refractivity contribution in [2.45, 2.75) is 6.54 Å². The lowest BCUT2D eigenvalue weighted by Gasteiger charge is -2.34. The highest BCUT2D eigenvalue weighted by molar-refractivity contribution is 7.99. The lowest BCUT2D eigenvalue weighted by Crippen LogP contribution is -2.48. The second kappa shape index (κ2) is 6.77. The molecule has 0 radical (unpaired) electrons. The third-order valence-corrected chi connectivity index (χ3v) is 5.25. The van der Waals surface area contributed by atoms with Gasteiger partial charge in [0.05, 0.1) is 22.5 Å². The molecule has 0 aliphatic carbocycles. The Kier molecular flexibility index (Phi) is 4.77. The maximum absolute atomic E-state index is 11.9. The number of fused-ring (bicyclic) bond motifs is 1. The largest absolute Gasteiger partial charge is 0.339 e. The maximum atomic E-state index is 11.9.